The van der Waals surface area contributed by atoms with E-state index < -0.39 is 6.10 Å². The van der Waals surface area contributed by atoms with E-state index in [-0.39, 0.29) is 11.7 Å². The minimum atomic E-state index is -0.636. The number of ether oxygens (including phenoxy) is 1. The summed E-state index contributed by atoms with van der Waals surface area (Å²) in [5.74, 6) is 0.279. The molecule has 0 unspecified atom stereocenters. The first-order valence-corrected chi connectivity index (χ1v) is 7.56. The summed E-state index contributed by atoms with van der Waals surface area (Å²) < 4.78 is 5.61. The first-order valence-electron chi connectivity index (χ1n) is 7.56. The molecule has 1 N–H and O–H groups in total. The molecule has 1 amide bonds. The highest BCUT2D eigenvalue weighted by molar-refractivity contribution is 5.94. The predicted molar refractivity (Wildman–Crippen MR) is 89.6 cm³/mol. The highest BCUT2D eigenvalue weighted by Crippen LogP contribution is 2.15. The van der Waals surface area contributed by atoms with Gasteiger partial charge in [0.2, 0.25) is 0 Å². The Morgan fingerprint density at radius 3 is 2.48 bits per heavy atom. The molecule has 0 fully saturated rings. The predicted octanol–water partition coefficient (Wildman–Crippen LogP) is 3.28. The maximum atomic E-state index is 12.1. The van der Waals surface area contributed by atoms with Crippen LogP contribution in [0.4, 0.5) is 0 Å². The molecule has 2 rings (SSSR count). The molecule has 0 saturated heterocycles. The van der Waals surface area contributed by atoms with Crippen LogP contribution in [0.5, 0.6) is 5.75 Å². The summed E-state index contributed by atoms with van der Waals surface area (Å²) in [5, 5.41) is 2.84. The molecule has 0 radical (unpaired) electrons. The molecule has 120 valence electrons. The fraction of sp³-hybridized carbons (Fsp3) is 0.263. The molecule has 23 heavy (non-hydrogen) atoms. The van der Waals surface area contributed by atoms with E-state index in [1.54, 1.807) is 31.2 Å². The van der Waals surface area contributed by atoms with Gasteiger partial charge in [0.15, 0.2) is 11.9 Å². The monoisotopic (exact) mass is 311 g/mol. The smallest absolute Gasteiger partial charge is 0.261 e. The highest BCUT2D eigenvalue weighted by atomic mass is 16.5. The first kappa shape index (κ1) is 16.7. The summed E-state index contributed by atoms with van der Waals surface area (Å²) in [7, 11) is 0. The van der Waals surface area contributed by atoms with Crippen molar-refractivity contribution in [1.29, 1.82) is 0 Å². The lowest BCUT2D eigenvalue weighted by Gasteiger charge is -2.15. The van der Waals surface area contributed by atoms with E-state index in [1.165, 1.54) is 12.5 Å². The summed E-state index contributed by atoms with van der Waals surface area (Å²) in [5.41, 5.74) is 2.78. The largest absolute Gasteiger partial charge is 0.481 e. The maximum absolute atomic E-state index is 12.1. The second kappa shape index (κ2) is 7.58. The first-order chi connectivity index (χ1) is 11.0. The van der Waals surface area contributed by atoms with Crippen LogP contribution in [0, 0.1) is 6.92 Å². The molecule has 0 saturated carbocycles. The lowest BCUT2D eigenvalue weighted by Crippen LogP contribution is -2.35. The van der Waals surface area contributed by atoms with E-state index in [2.05, 4.69) is 5.32 Å². The van der Waals surface area contributed by atoms with Crippen LogP contribution in [0.15, 0.2) is 48.5 Å². The van der Waals surface area contributed by atoms with Crippen molar-refractivity contribution in [1.82, 2.24) is 5.32 Å². The highest BCUT2D eigenvalue weighted by Gasteiger charge is 2.14. The zero-order valence-electron chi connectivity index (χ0n) is 13.6. The fourth-order valence-corrected chi connectivity index (χ4v) is 2.08. The van der Waals surface area contributed by atoms with Gasteiger partial charge < -0.3 is 10.1 Å². The number of carbonyl (C=O) groups is 2. The van der Waals surface area contributed by atoms with Gasteiger partial charge in [0, 0.05) is 12.1 Å². The summed E-state index contributed by atoms with van der Waals surface area (Å²) in [4.78, 5) is 23.5. The standard InChI is InChI=1S/C19H21NO3/c1-13-7-9-16(10-8-13)12-20-19(22)15(3)23-18-6-4-5-17(11-18)14(2)21/h4-11,15H,12H2,1-3H3,(H,20,22)/t15-/m0/s1. The summed E-state index contributed by atoms with van der Waals surface area (Å²) in [6, 6.07) is 14.8. The number of Topliss-reactive ketones (excluding diaryl/α,β-unsaturated/α-hetero) is 1. The van der Waals surface area contributed by atoms with Crippen molar-refractivity contribution in [3.05, 3.63) is 65.2 Å². The lowest BCUT2D eigenvalue weighted by atomic mass is 10.1. The van der Waals surface area contributed by atoms with Gasteiger partial charge in [-0.1, -0.05) is 42.0 Å². The van der Waals surface area contributed by atoms with E-state index in [9.17, 15) is 9.59 Å². The van der Waals surface area contributed by atoms with Gasteiger partial charge in [0.05, 0.1) is 0 Å². The van der Waals surface area contributed by atoms with Crippen LogP contribution in [-0.2, 0) is 11.3 Å². The molecule has 0 aliphatic rings. The van der Waals surface area contributed by atoms with Crippen molar-refractivity contribution in [3.8, 4) is 5.75 Å². The Balaban J connectivity index is 1.90. The minimum Gasteiger partial charge on any atom is -0.481 e. The normalized spacial score (nSPS) is 11.6. The number of ketones is 1. The Bertz CT molecular complexity index is 692. The molecule has 4 nitrogen and oxygen atoms in total. The molecule has 4 heteroatoms. The van der Waals surface area contributed by atoms with Crippen molar-refractivity contribution in [2.75, 3.05) is 0 Å². The molecular formula is C19H21NO3. The van der Waals surface area contributed by atoms with Crippen molar-refractivity contribution in [2.24, 2.45) is 0 Å². The summed E-state index contributed by atoms with van der Waals surface area (Å²) in [6.45, 7) is 5.66. The number of hydrogen-bond donors (Lipinski definition) is 1. The van der Waals surface area contributed by atoms with Gasteiger partial charge in [0.1, 0.15) is 5.75 Å². The molecule has 0 aliphatic heterocycles. The Labute approximate surface area is 136 Å². The van der Waals surface area contributed by atoms with Gasteiger partial charge in [-0.15, -0.1) is 0 Å². The summed E-state index contributed by atoms with van der Waals surface area (Å²) >= 11 is 0. The number of amides is 1. The van der Waals surface area contributed by atoms with Crippen molar-refractivity contribution >= 4 is 11.7 Å². The lowest BCUT2D eigenvalue weighted by molar-refractivity contribution is -0.127. The van der Waals surface area contributed by atoms with E-state index >= 15 is 0 Å². The van der Waals surface area contributed by atoms with Gasteiger partial charge in [0.25, 0.3) is 5.91 Å². The zero-order chi connectivity index (χ0) is 16.8. The molecule has 0 bridgehead atoms. The van der Waals surface area contributed by atoms with Gasteiger partial charge in [-0.3, -0.25) is 9.59 Å². The summed E-state index contributed by atoms with van der Waals surface area (Å²) in [6.07, 6.45) is -0.636. The number of hydrogen-bond acceptors (Lipinski definition) is 3. The average molecular weight is 311 g/mol. The van der Waals surface area contributed by atoms with Crippen molar-refractivity contribution in [3.63, 3.8) is 0 Å². The van der Waals surface area contributed by atoms with Crippen LogP contribution < -0.4 is 10.1 Å². The van der Waals surface area contributed by atoms with Crippen LogP contribution >= 0.6 is 0 Å². The zero-order valence-corrected chi connectivity index (χ0v) is 13.6. The van der Waals surface area contributed by atoms with Crippen LogP contribution in [0.2, 0.25) is 0 Å². The number of benzene rings is 2. The molecule has 0 aliphatic carbocycles. The van der Waals surface area contributed by atoms with Crippen molar-refractivity contribution < 1.29 is 14.3 Å². The number of carbonyl (C=O) groups excluding carboxylic acids is 2. The molecular weight excluding hydrogens is 290 g/mol. The van der Waals surface area contributed by atoms with E-state index in [4.69, 9.17) is 4.74 Å². The Hall–Kier alpha value is -2.62. The van der Waals surface area contributed by atoms with Gasteiger partial charge in [-0.05, 0) is 38.5 Å². The molecule has 2 aromatic rings. The Morgan fingerprint density at radius 2 is 1.83 bits per heavy atom. The molecule has 0 spiro atoms. The van der Waals surface area contributed by atoms with Crippen LogP contribution in [0.3, 0.4) is 0 Å². The molecule has 0 aromatic heterocycles. The number of rotatable bonds is 6. The minimum absolute atomic E-state index is 0.0353. The third kappa shape index (κ3) is 4.95. The SMILES string of the molecule is CC(=O)c1cccc(O[C@@H](C)C(=O)NCc2ccc(C)cc2)c1. The second-order valence-electron chi connectivity index (χ2n) is 5.55. The average Bonchev–Trinajstić information content (AvgIpc) is 2.54. The molecule has 0 heterocycles. The quantitative estimate of drug-likeness (QED) is 0.833. The third-order valence-corrected chi connectivity index (χ3v) is 3.51. The van der Waals surface area contributed by atoms with Crippen LogP contribution in [0.1, 0.15) is 35.3 Å². The van der Waals surface area contributed by atoms with Crippen molar-refractivity contribution in [2.45, 2.75) is 33.4 Å². The molecule has 2 aromatic carbocycles. The van der Waals surface area contributed by atoms with Gasteiger partial charge in [-0.25, -0.2) is 0 Å². The van der Waals surface area contributed by atoms with Crippen LogP contribution in [-0.4, -0.2) is 17.8 Å². The number of nitrogens with one attached hydrogen (secondary N) is 1. The van der Waals surface area contributed by atoms with E-state index in [1.807, 2.05) is 31.2 Å². The maximum Gasteiger partial charge on any atom is 0.261 e. The Morgan fingerprint density at radius 1 is 1.13 bits per heavy atom. The third-order valence-electron chi connectivity index (χ3n) is 3.51. The second-order valence-corrected chi connectivity index (χ2v) is 5.55. The number of aryl methyl sites for hydroxylation is 1. The molecule has 1 atom stereocenters. The van der Waals surface area contributed by atoms with E-state index in [0.29, 0.717) is 17.9 Å². The van der Waals surface area contributed by atoms with Crippen LogP contribution in [0.25, 0.3) is 0 Å². The van der Waals surface area contributed by atoms with Gasteiger partial charge in [-0.2, -0.15) is 0 Å². The van der Waals surface area contributed by atoms with E-state index in [0.717, 1.165) is 5.56 Å². The van der Waals surface area contributed by atoms with Gasteiger partial charge >= 0.3 is 0 Å². The fourth-order valence-electron chi connectivity index (χ4n) is 2.08. The topological polar surface area (TPSA) is 55.4 Å². The Kier molecular flexibility index (Phi) is 5.52.